The number of benzene rings is 3. The van der Waals surface area contributed by atoms with Gasteiger partial charge in [-0.25, -0.2) is 4.79 Å². The molecule has 0 saturated heterocycles. The molecule has 1 amide bonds. The van der Waals surface area contributed by atoms with Crippen LogP contribution in [0.4, 0.5) is 5.69 Å². The topological polar surface area (TPSA) is 76.7 Å². The molecule has 0 aliphatic carbocycles. The number of carbonyl (C=O) groups excluding carboxylic acids is 2. The van der Waals surface area contributed by atoms with Crippen LogP contribution in [0.5, 0.6) is 0 Å². The minimum absolute atomic E-state index is 0.0751. The van der Waals surface area contributed by atoms with E-state index in [0.29, 0.717) is 12.3 Å². The van der Waals surface area contributed by atoms with Crippen molar-refractivity contribution in [1.82, 2.24) is 5.32 Å². The number of hydrogen-bond acceptors (Lipinski definition) is 5. The van der Waals surface area contributed by atoms with Crippen molar-refractivity contribution in [3.63, 3.8) is 0 Å². The van der Waals surface area contributed by atoms with E-state index in [1.807, 2.05) is 91.9 Å². The maximum atomic E-state index is 14.0. The lowest BCUT2D eigenvalue weighted by Gasteiger charge is -2.36. The van der Waals surface area contributed by atoms with Gasteiger partial charge in [-0.1, -0.05) is 107 Å². The van der Waals surface area contributed by atoms with Crippen molar-refractivity contribution in [2.24, 2.45) is 0 Å². The second-order valence-electron chi connectivity index (χ2n) is 11.4. The number of nitrogens with one attached hydrogen (secondary N) is 2. The van der Waals surface area contributed by atoms with Crippen molar-refractivity contribution in [2.45, 2.75) is 70.4 Å². The van der Waals surface area contributed by atoms with E-state index in [9.17, 15) is 9.59 Å². The van der Waals surface area contributed by atoms with Gasteiger partial charge in [-0.2, -0.15) is 0 Å². The number of anilines is 1. The Kier molecular flexibility index (Phi) is 10.2. The average molecular weight is 547 g/mol. The van der Waals surface area contributed by atoms with E-state index in [1.54, 1.807) is 0 Å². The van der Waals surface area contributed by atoms with Gasteiger partial charge in [-0.3, -0.25) is 10.1 Å². The molecule has 0 bridgehead atoms. The van der Waals surface area contributed by atoms with E-state index in [2.05, 4.69) is 44.5 Å². The van der Waals surface area contributed by atoms with E-state index in [0.717, 1.165) is 16.7 Å². The molecule has 0 aliphatic rings. The Morgan fingerprint density at radius 1 is 0.846 bits per heavy atom. The van der Waals surface area contributed by atoms with Crippen molar-refractivity contribution in [3.8, 4) is 0 Å². The molecule has 0 aromatic heterocycles. The van der Waals surface area contributed by atoms with Crippen LogP contribution in [0, 0.1) is 0 Å². The minimum atomic E-state index is -1.99. The Hall–Kier alpha value is -3.26. The van der Waals surface area contributed by atoms with Crippen molar-refractivity contribution in [3.05, 3.63) is 102 Å². The first kappa shape index (κ1) is 30.3. The SMILES string of the molecule is COC(=O)[C@@H](NC(C(=O)Nc1ccccc1CO[Si](C)(C)C(C)(C)C)C(C)c1ccccc1)c1ccccc1. The Balaban J connectivity index is 1.92. The van der Waals surface area contributed by atoms with E-state index < -0.39 is 26.4 Å². The predicted molar refractivity (Wildman–Crippen MR) is 160 cm³/mol. The molecular formula is C32H42N2O4Si. The highest BCUT2D eigenvalue weighted by atomic mass is 28.4. The molecule has 2 unspecified atom stereocenters. The highest BCUT2D eigenvalue weighted by Crippen LogP contribution is 2.37. The maximum absolute atomic E-state index is 14.0. The maximum Gasteiger partial charge on any atom is 0.327 e. The molecule has 3 aromatic carbocycles. The standard InChI is InChI=1S/C32H42N2O4Si/c1-23(24-16-10-8-11-17-24)28(34-29(31(36)37-5)25-18-12-9-13-19-25)30(35)33-27-21-15-14-20-26(27)22-38-39(6,7)32(2,3)4/h8-21,23,28-29,34H,22H2,1-7H3,(H,33,35)/t23?,28?,29-/m0/s1. The Bertz CT molecular complexity index is 1230. The Labute approximate surface area is 234 Å². The Morgan fingerprint density at radius 3 is 1.95 bits per heavy atom. The third-order valence-corrected chi connectivity index (χ3v) is 12.2. The van der Waals surface area contributed by atoms with Crippen molar-refractivity contribution in [1.29, 1.82) is 0 Å². The van der Waals surface area contributed by atoms with Crippen molar-refractivity contribution < 1.29 is 18.8 Å². The quantitative estimate of drug-likeness (QED) is 0.204. The molecule has 0 radical (unpaired) electrons. The molecule has 2 N–H and O–H groups in total. The van der Waals surface area contributed by atoms with Crippen LogP contribution in [0.2, 0.25) is 18.1 Å². The summed E-state index contributed by atoms with van der Waals surface area (Å²) in [6.45, 7) is 13.4. The first-order valence-electron chi connectivity index (χ1n) is 13.4. The number of amides is 1. The first-order valence-corrected chi connectivity index (χ1v) is 16.3. The summed E-state index contributed by atoms with van der Waals surface area (Å²) in [5.74, 6) is -0.934. The highest BCUT2D eigenvalue weighted by Gasteiger charge is 2.37. The molecule has 6 nitrogen and oxygen atoms in total. The van der Waals surface area contributed by atoms with E-state index in [-0.39, 0.29) is 16.9 Å². The molecule has 3 atom stereocenters. The molecule has 0 fully saturated rings. The van der Waals surface area contributed by atoms with Gasteiger partial charge in [0.05, 0.1) is 19.8 Å². The lowest BCUT2D eigenvalue weighted by atomic mass is 9.91. The summed E-state index contributed by atoms with van der Waals surface area (Å²) in [6.07, 6.45) is 0. The van der Waals surface area contributed by atoms with Gasteiger partial charge in [0.25, 0.3) is 0 Å². The van der Waals surface area contributed by atoms with Gasteiger partial charge in [0, 0.05) is 11.6 Å². The molecule has 0 spiro atoms. The zero-order valence-corrected chi connectivity index (χ0v) is 25.2. The van der Waals surface area contributed by atoms with Gasteiger partial charge in [0.15, 0.2) is 8.32 Å². The van der Waals surface area contributed by atoms with Gasteiger partial charge in [-0.05, 0) is 40.9 Å². The summed E-state index contributed by atoms with van der Waals surface area (Å²) >= 11 is 0. The van der Waals surface area contributed by atoms with Crippen LogP contribution in [0.1, 0.15) is 56.3 Å². The second kappa shape index (κ2) is 13.2. The normalized spacial score (nSPS) is 14.2. The molecule has 0 aliphatic heterocycles. The third kappa shape index (κ3) is 7.88. The number of hydrogen-bond donors (Lipinski definition) is 2. The molecule has 3 aromatic rings. The molecular weight excluding hydrogens is 504 g/mol. The molecule has 7 heteroatoms. The zero-order valence-electron chi connectivity index (χ0n) is 24.2. The largest absolute Gasteiger partial charge is 0.468 e. The molecule has 3 rings (SSSR count). The third-order valence-electron chi connectivity index (χ3n) is 7.69. The fourth-order valence-electron chi connectivity index (χ4n) is 4.09. The molecule has 208 valence electrons. The lowest BCUT2D eigenvalue weighted by molar-refractivity contribution is -0.143. The van der Waals surface area contributed by atoms with Gasteiger partial charge in [-0.15, -0.1) is 0 Å². The second-order valence-corrected chi connectivity index (χ2v) is 16.2. The number of carbonyl (C=O) groups is 2. The summed E-state index contributed by atoms with van der Waals surface area (Å²) in [6, 6.07) is 25.3. The minimum Gasteiger partial charge on any atom is -0.468 e. The van der Waals surface area contributed by atoms with Crippen LogP contribution >= 0.6 is 0 Å². The van der Waals surface area contributed by atoms with E-state index in [4.69, 9.17) is 9.16 Å². The Morgan fingerprint density at radius 2 is 1.38 bits per heavy atom. The number of para-hydroxylation sites is 1. The lowest BCUT2D eigenvalue weighted by Crippen LogP contribution is -2.48. The van der Waals surface area contributed by atoms with Crippen molar-refractivity contribution >= 4 is 25.9 Å². The highest BCUT2D eigenvalue weighted by molar-refractivity contribution is 6.74. The predicted octanol–water partition coefficient (Wildman–Crippen LogP) is 6.82. The van der Waals surface area contributed by atoms with Crippen LogP contribution in [-0.4, -0.2) is 33.3 Å². The number of rotatable bonds is 11. The van der Waals surface area contributed by atoms with Crippen LogP contribution in [0.25, 0.3) is 0 Å². The van der Waals surface area contributed by atoms with Gasteiger partial charge in [0.2, 0.25) is 5.91 Å². The van der Waals surface area contributed by atoms with Crippen LogP contribution in [0.15, 0.2) is 84.9 Å². The van der Waals surface area contributed by atoms with Crippen LogP contribution in [-0.2, 0) is 25.4 Å². The van der Waals surface area contributed by atoms with E-state index >= 15 is 0 Å². The van der Waals surface area contributed by atoms with Gasteiger partial charge in [0.1, 0.15) is 6.04 Å². The van der Waals surface area contributed by atoms with Crippen LogP contribution in [0.3, 0.4) is 0 Å². The first-order chi connectivity index (χ1) is 18.4. The van der Waals surface area contributed by atoms with Crippen LogP contribution < -0.4 is 10.6 Å². The van der Waals surface area contributed by atoms with E-state index in [1.165, 1.54) is 7.11 Å². The summed E-state index contributed by atoms with van der Waals surface area (Å²) in [7, 11) is -0.631. The summed E-state index contributed by atoms with van der Waals surface area (Å²) in [4.78, 5) is 26.8. The molecule has 39 heavy (non-hydrogen) atoms. The number of esters is 1. The fraction of sp³-hybridized carbons (Fsp3) is 0.375. The summed E-state index contributed by atoms with van der Waals surface area (Å²) in [5.41, 5.74) is 3.32. The van der Waals surface area contributed by atoms with Gasteiger partial charge >= 0.3 is 5.97 Å². The average Bonchev–Trinajstić information content (AvgIpc) is 2.92. The van der Waals surface area contributed by atoms with Gasteiger partial charge < -0.3 is 14.5 Å². The number of methoxy groups -OCH3 is 1. The number of ether oxygens (including phenoxy) is 1. The molecule has 0 saturated carbocycles. The molecule has 0 heterocycles. The monoisotopic (exact) mass is 546 g/mol. The summed E-state index contributed by atoms with van der Waals surface area (Å²) < 4.78 is 11.6. The van der Waals surface area contributed by atoms with Crippen molar-refractivity contribution in [2.75, 3.05) is 12.4 Å². The fourth-order valence-corrected chi connectivity index (χ4v) is 5.04. The smallest absolute Gasteiger partial charge is 0.327 e. The summed E-state index contributed by atoms with van der Waals surface area (Å²) in [5, 5.41) is 6.53. The zero-order chi connectivity index (χ0) is 28.6.